The molecule has 2 rings (SSSR count). The zero-order chi connectivity index (χ0) is 10.8. The minimum atomic E-state index is 0.592. The van der Waals surface area contributed by atoms with E-state index in [0.29, 0.717) is 11.3 Å². The number of nitrogens with two attached hydrogens (primary N) is 1. The van der Waals surface area contributed by atoms with Crippen molar-refractivity contribution in [1.29, 1.82) is 5.26 Å². The zero-order valence-corrected chi connectivity index (χ0v) is 8.18. The van der Waals surface area contributed by atoms with Gasteiger partial charge in [-0.05, 0) is 19.1 Å². The number of aromatic nitrogens is 2. The van der Waals surface area contributed by atoms with Crippen LogP contribution in [0.3, 0.4) is 0 Å². The Morgan fingerprint density at radius 1 is 1.67 bits per heavy atom. The van der Waals surface area contributed by atoms with Gasteiger partial charge in [0.15, 0.2) is 0 Å². The van der Waals surface area contributed by atoms with E-state index in [1.54, 1.807) is 36.0 Å². The Morgan fingerprint density at radius 2 is 2.47 bits per heavy atom. The largest absolute Gasteiger partial charge is 0.323 e. The van der Waals surface area contributed by atoms with Gasteiger partial charge < -0.3 is 5.84 Å². The number of hydrazone groups is 1. The Balaban J connectivity index is 2.73. The Morgan fingerprint density at radius 3 is 3.13 bits per heavy atom. The van der Waals surface area contributed by atoms with Crippen molar-refractivity contribution in [2.75, 3.05) is 0 Å². The van der Waals surface area contributed by atoms with Crippen LogP contribution in [0.25, 0.3) is 5.52 Å². The molecule has 0 aliphatic rings. The molecular formula is C10H9N5. The van der Waals surface area contributed by atoms with Crippen LogP contribution >= 0.6 is 0 Å². The predicted octanol–water partition coefficient (Wildman–Crippen LogP) is 0.889. The minimum Gasteiger partial charge on any atom is -0.323 e. The molecule has 2 aromatic heterocycles. The molecule has 0 spiro atoms. The SMILES string of the molecule is CC(=NN)c1cnn2ccc(C#N)cc12. The maximum atomic E-state index is 8.79. The highest BCUT2D eigenvalue weighted by Crippen LogP contribution is 2.13. The summed E-state index contributed by atoms with van der Waals surface area (Å²) in [6.07, 6.45) is 3.42. The lowest BCUT2D eigenvalue weighted by molar-refractivity contribution is 0.960. The summed E-state index contributed by atoms with van der Waals surface area (Å²) in [6.45, 7) is 1.80. The summed E-state index contributed by atoms with van der Waals surface area (Å²) in [4.78, 5) is 0. The molecule has 0 radical (unpaired) electrons. The van der Waals surface area contributed by atoms with Crippen molar-refractivity contribution >= 4 is 11.2 Å². The topological polar surface area (TPSA) is 79.5 Å². The van der Waals surface area contributed by atoms with E-state index in [-0.39, 0.29) is 0 Å². The van der Waals surface area contributed by atoms with Gasteiger partial charge >= 0.3 is 0 Å². The quantitative estimate of drug-likeness (QED) is 0.420. The average molecular weight is 199 g/mol. The van der Waals surface area contributed by atoms with Crippen molar-refractivity contribution in [2.45, 2.75) is 6.92 Å². The summed E-state index contributed by atoms with van der Waals surface area (Å²) in [6, 6.07) is 5.55. The fourth-order valence-corrected chi connectivity index (χ4v) is 1.40. The molecule has 0 atom stereocenters. The molecule has 15 heavy (non-hydrogen) atoms. The number of rotatable bonds is 1. The predicted molar refractivity (Wildman–Crippen MR) is 56.3 cm³/mol. The number of nitriles is 1. The molecule has 74 valence electrons. The van der Waals surface area contributed by atoms with Crippen molar-refractivity contribution in [2.24, 2.45) is 10.9 Å². The maximum Gasteiger partial charge on any atom is 0.0992 e. The van der Waals surface area contributed by atoms with Gasteiger partial charge in [-0.2, -0.15) is 15.5 Å². The molecule has 0 saturated heterocycles. The summed E-state index contributed by atoms with van der Waals surface area (Å²) in [7, 11) is 0. The van der Waals surface area contributed by atoms with Crippen LogP contribution in [0.1, 0.15) is 18.1 Å². The Labute approximate surface area is 86.4 Å². The number of hydrogen-bond donors (Lipinski definition) is 1. The van der Waals surface area contributed by atoms with E-state index in [1.807, 2.05) is 0 Å². The first-order valence-corrected chi connectivity index (χ1v) is 4.38. The van der Waals surface area contributed by atoms with Gasteiger partial charge in [-0.3, -0.25) is 0 Å². The second-order valence-electron chi connectivity index (χ2n) is 3.13. The molecule has 0 aromatic carbocycles. The van der Waals surface area contributed by atoms with Gasteiger partial charge in [0.2, 0.25) is 0 Å². The maximum absolute atomic E-state index is 8.79. The number of hydrogen-bond acceptors (Lipinski definition) is 4. The lowest BCUT2D eigenvalue weighted by atomic mass is 10.1. The molecule has 5 nitrogen and oxygen atoms in total. The van der Waals surface area contributed by atoms with E-state index < -0.39 is 0 Å². The fourth-order valence-electron chi connectivity index (χ4n) is 1.40. The lowest BCUT2D eigenvalue weighted by Crippen LogP contribution is -1.98. The van der Waals surface area contributed by atoms with Crippen LogP contribution in [-0.2, 0) is 0 Å². The third-order valence-electron chi connectivity index (χ3n) is 2.23. The number of fused-ring (bicyclic) bond motifs is 1. The summed E-state index contributed by atoms with van der Waals surface area (Å²) >= 11 is 0. The minimum absolute atomic E-state index is 0.592. The van der Waals surface area contributed by atoms with Crippen molar-refractivity contribution < 1.29 is 0 Å². The van der Waals surface area contributed by atoms with Gasteiger partial charge in [0, 0.05) is 11.8 Å². The van der Waals surface area contributed by atoms with Gasteiger partial charge in [-0.1, -0.05) is 0 Å². The average Bonchev–Trinajstić information content (AvgIpc) is 2.70. The first kappa shape index (κ1) is 9.21. The molecule has 2 heterocycles. The van der Waals surface area contributed by atoms with Crippen LogP contribution in [0.4, 0.5) is 0 Å². The van der Waals surface area contributed by atoms with E-state index in [2.05, 4.69) is 16.3 Å². The van der Waals surface area contributed by atoms with Gasteiger partial charge in [-0.15, -0.1) is 0 Å². The molecule has 5 heteroatoms. The van der Waals surface area contributed by atoms with Crippen LogP contribution in [-0.4, -0.2) is 15.3 Å². The van der Waals surface area contributed by atoms with E-state index in [1.165, 1.54) is 0 Å². The fraction of sp³-hybridized carbons (Fsp3) is 0.100. The highest BCUT2D eigenvalue weighted by atomic mass is 15.2. The van der Waals surface area contributed by atoms with E-state index in [4.69, 9.17) is 11.1 Å². The van der Waals surface area contributed by atoms with Crippen LogP contribution in [0, 0.1) is 11.3 Å². The normalized spacial score (nSPS) is 11.6. The van der Waals surface area contributed by atoms with E-state index in [0.717, 1.165) is 11.1 Å². The van der Waals surface area contributed by atoms with Crippen molar-refractivity contribution in [1.82, 2.24) is 9.61 Å². The first-order chi connectivity index (χ1) is 7.26. The van der Waals surface area contributed by atoms with Crippen LogP contribution in [0.2, 0.25) is 0 Å². The second-order valence-corrected chi connectivity index (χ2v) is 3.13. The Bertz CT molecular complexity index is 573. The molecule has 0 aliphatic carbocycles. The van der Waals surface area contributed by atoms with Crippen LogP contribution < -0.4 is 5.84 Å². The van der Waals surface area contributed by atoms with Crippen molar-refractivity contribution in [3.05, 3.63) is 35.7 Å². The van der Waals surface area contributed by atoms with Crippen LogP contribution in [0.5, 0.6) is 0 Å². The zero-order valence-electron chi connectivity index (χ0n) is 8.18. The lowest BCUT2D eigenvalue weighted by Gasteiger charge is -1.97. The Hall–Kier alpha value is -2.35. The first-order valence-electron chi connectivity index (χ1n) is 4.38. The summed E-state index contributed by atoms with van der Waals surface area (Å²) in [5.74, 6) is 5.21. The van der Waals surface area contributed by atoms with Crippen LogP contribution in [0.15, 0.2) is 29.6 Å². The standard InChI is InChI=1S/C10H9N5/c1-7(14-12)9-6-13-15-3-2-8(5-11)4-10(9)15/h2-4,6H,12H2,1H3. The molecule has 0 unspecified atom stereocenters. The molecule has 0 fully saturated rings. The van der Waals surface area contributed by atoms with Crippen molar-refractivity contribution in [3.63, 3.8) is 0 Å². The van der Waals surface area contributed by atoms with Gasteiger partial charge in [0.05, 0.1) is 29.1 Å². The smallest absolute Gasteiger partial charge is 0.0992 e. The summed E-state index contributed by atoms with van der Waals surface area (Å²) in [5, 5.41) is 16.5. The number of pyridine rings is 1. The molecule has 0 saturated carbocycles. The Kier molecular flexibility index (Phi) is 2.10. The van der Waals surface area contributed by atoms with Gasteiger partial charge in [-0.25, -0.2) is 4.52 Å². The van der Waals surface area contributed by atoms with E-state index >= 15 is 0 Å². The molecule has 0 amide bonds. The molecule has 2 aromatic rings. The molecule has 0 aliphatic heterocycles. The summed E-state index contributed by atoms with van der Waals surface area (Å²) < 4.78 is 1.69. The molecule has 0 bridgehead atoms. The van der Waals surface area contributed by atoms with Gasteiger partial charge in [0.1, 0.15) is 0 Å². The van der Waals surface area contributed by atoms with Gasteiger partial charge in [0.25, 0.3) is 0 Å². The monoisotopic (exact) mass is 199 g/mol. The second kappa shape index (κ2) is 3.42. The third-order valence-corrected chi connectivity index (χ3v) is 2.23. The number of nitrogens with zero attached hydrogens (tertiary/aromatic N) is 4. The highest BCUT2D eigenvalue weighted by Gasteiger charge is 2.07. The van der Waals surface area contributed by atoms with E-state index in [9.17, 15) is 0 Å². The third kappa shape index (κ3) is 1.42. The molecule has 2 N–H and O–H groups in total. The van der Waals surface area contributed by atoms with Crippen molar-refractivity contribution in [3.8, 4) is 6.07 Å². The molecular weight excluding hydrogens is 190 g/mol. The highest BCUT2D eigenvalue weighted by molar-refractivity contribution is 6.04. The summed E-state index contributed by atoms with van der Waals surface area (Å²) in [5.41, 5.74) is 2.96.